The lowest BCUT2D eigenvalue weighted by atomic mass is 9.83. The van der Waals surface area contributed by atoms with Crippen LogP contribution in [0.4, 0.5) is 0 Å². The van der Waals surface area contributed by atoms with Crippen molar-refractivity contribution in [3.8, 4) is 29.1 Å². The first-order valence-corrected chi connectivity index (χ1v) is 12.3. The third kappa shape index (κ3) is 5.82. The van der Waals surface area contributed by atoms with Crippen LogP contribution in [0.3, 0.4) is 0 Å². The molecule has 1 aliphatic heterocycles. The number of ether oxygens (including phenoxy) is 4. The molecule has 2 N–H and O–H groups in total. The van der Waals surface area contributed by atoms with Crippen molar-refractivity contribution in [2.45, 2.75) is 32.1 Å². The van der Waals surface area contributed by atoms with E-state index in [0.29, 0.717) is 28.7 Å². The van der Waals surface area contributed by atoms with Crippen LogP contribution in [0.25, 0.3) is 0 Å². The van der Waals surface area contributed by atoms with Crippen LogP contribution in [0.15, 0.2) is 72.1 Å². The van der Waals surface area contributed by atoms with Crippen LogP contribution in [-0.4, -0.2) is 19.7 Å². The number of esters is 1. The standard InChI is InChI=1S/C29H27ClN2O5/c1-3-4-5-13-35-20-8-6-7-18(14-20)27-22-11-10-21(16-26(22)37-28(32)23(27)17-31)36-29(33)19-9-12-25(34-2)24(30)15-19/h6-12,14-16,27H,3-5,13,32H2,1-2H3. The maximum absolute atomic E-state index is 12.7. The number of carbonyl (C=O) groups is 1. The number of nitrogens with zero attached hydrogens (tertiary/aromatic N) is 1. The highest BCUT2D eigenvalue weighted by molar-refractivity contribution is 6.32. The van der Waals surface area contributed by atoms with Gasteiger partial charge in [0.1, 0.15) is 34.6 Å². The van der Waals surface area contributed by atoms with Gasteiger partial charge in [0.15, 0.2) is 0 Å². The van der Waals surface area contributed by atoms with Gasteiger partial charge in [0.2, 0.25) is 5.88 Å². The number of benzene rings is 3. The molecule has 0 amide bonds. The van der Waals surface area contributed by atoms with Crippen LogP contribution >= 0.6 is 11.6 Å². The van der Waals surface area contributed by atoms with E-state index in [4.69, 9.17) is 36.3 Å². The third-order valence-electron chi connectivity index (χ3n) is 6.00. The van der Waals surface area contributed by atoms with E-state index in [9.17, 15) is 10.1 Å². The molecule has 0 saturated carbocycles. The number of allylic oxidation sites excluding steroid dienone is 1. The van der Waals surface area contributed by atoms with E-state index in [1.54, 1.807) is 30.3 Å². The minimum absolute atomic E-state index is 0.000296. The number of methoxy groups -OCH3 is 1. The summed E-state index contributed by atoms with van der Waals surface area (Å²) >= 11 is 6.14. The van der Waals surface area contributed by atoms with Crippen molar-refractivity contribution >= 4 is 17.6 Å². The first-order valence-electron chi connectivity index (χ1n) is 11.9. The zero-order chi connectivity index (χ0) is 26.4. The molecule has 1 atom stereocenters. The number of unbranched alkanes of at least 4 members (excludes halogenated alkanes) is 2. The van der Waals surface area contributed by atoms with Gasteiger partial charge in [-0.15, -0.1) is 0 Å². The monoisotopic (exact) mass is 518 g/mol. The summed E-state index contributed by atoms with van der Waals surface area (Å²) in [5.74, 6) is 0.784. The van der Waals surface area contributed by atoms with Crippen molar-refractivity contribution in [3.05, 3.63) is 93.8 Å². The van der Waals surface area contributed by atoms with Crippen LogP contribution in [0, 0.1) is 11.3 Å². The van der Waals surface area contributed by atoms with Gasteiger partial charge in [-0.25, -0.2) is 4.79 Å². The molecule has 0 spiro atoms. The first-order chi connectivity index (χ1) is 17.9. The average molecular weight is 519 g/mol. The molecule has 0 radical (unpaired) electrons. The molecular formula is C29H27ClN2O5. The molecule has 7 nitrogen and oxygen atoms in total. The summed E-state index contributed by atoms with van der Waals surface area (Å²) in [6.45, 7) is 2.77. The van der Waals surface area contributed by atoms with Crippen molar-refractivity contribution < 1.29 is 23.7 Å². The Labute approximate surface area is 221 Å². The highest BCUT2D eigenvalue weighted by Gasteiger charge is 2.31. The Morgan fingerprint density at radius 2 is 1.95 bits per heavy atom. The predicted molar refractivity (Wildman–Crippen MR) is 140 cm³/mol. The molecule has 3 aromatic rings. The van der Waals surface area contributed by atoms with Crippen molar-refractivity contribution in [1.29, 1.82) is 5.26 Å². The zero-order valence-electron chi connectivity index (χ0n) is 20.6. The van der Waals surface area contributed by atoms with Gasteiger partial charge < -0.3 is 24.7 Å². The molecule has 0 aliphatic carbocycles. The molecule has 1 aliphatic rings. The normalized spacial score (nSPS) is 14.3. The molecule has 0 bridgehead atoms. The fourth-order valence-corrected chi connectivity index (χ4v) is 4.39. The maximum atomic E-state index is 12.7. The summed E-state index contributed by atoms with van der Waals surface area (Å²) in [7, 11) is 1.49. The summed E-state index contributed by atoms with van der Waals surface area (Å²) < 4.78 is 22.3. The van der Waals surface area contributed by atoms with Crippen LogP contribution in [0.2, 0.25) is 5.02 Å². The zero-order valence-corrected chi connectivity index (χ0v) is 21.4. The van der Waals surface area contributed by atoms with Crippen LogP contribution in [0.1, 0.15) is 53.6 Å². The number of rotatable bonds is 9. The van der Waals surface area contributed by atoms with E-state index in [2.05, 4.69) is 13.0 Å². The minimum Gasteiger partial charge on any atom is -0.495 e. The Morgan fingerprint density at radius 1 is 1.11 bits per heavy atom. The highest BCUT2D eigenvalue weighted by atomic mass is 35.5. The molecule has 3 aromatic carbocycles. The topological polar surface area (TPSA) is 104 Å². The second-order valence-electron chi connectivity index (χ2n) is 8.49. The molecule has 1 unspecified atom stereocenters. The number of hydrogen-bond donors (Lipinski definition) is 1. The summed E-state index contributed by atoms with van der Waals surface area (Å²) in [5, 5.41) is 10.2. The van der Waals surface area contributed by atoms with E-state index >= 15 is 0 Å². The van der Waals surface area contributed by atoms with Crippen LogP contribution < -0.4 is 24.7 Å². The summed E-state index contributed by atoms with van der Waals surface area (Å²) in [4.78, 5) is 12.7. The Hall–Kier alpha value is -4.15. The molecular weight excluding hydrogens is 492 g/mol. The van der Waals surface area contributed by atoms with E-state index in [0.717, 1.165) is 36.1 Å². The predicted octanol–water partition coefficient (Wildman–Crippen LogP) is 6.35. The number of hydrogen-bond acceptors (Lipinski definition) is 7. The smallest absolute Gasteiger partial charge is 0.343 e. The lowest BCUT2D eigenvalue weighted by Gasteiger charge is -2.27. The van der Waals surface area contributed by atoms with Gasteiger partial charge >= 0.3 is 5.97 Å². The van der Waals surface area contributed by atoms with Gasteiger partial charge in [0.25, 0.3) is 0 Å². The molecule has 37 heavy (non-hydrogen) atoms. The fourth-order valence-electron chi connectivity index (χ4n) is 4.13. The van der Waals surface area contributed by atoms with E-state index in [-0.39, 0.29) is 17.2 Å². The first kappa shape index (κ1) is 25.9. The highest BCUT2D eigenvalue weighted by Crippen LogP contribution is 2.44. The van der Waals surface area contributed by atoms with E-state index in [1.807, 2.05) is 24.3 Å². The van der Waals surface area contributed by atoms with Gasteiger partial charge in [0.05, 0.1) is 30.2 Å². The number of halogens is 1. The van der Waals surface area contributed by atoms with Gasteiger partial charge in [-0.05, 0) is 48.4 Å². The van der Waals surface area contributed by atoms with Crippen molar-refractivity contribution in [3.63, 3.8) is 0 Å². The Bertz CT molecular complexity index is 1380. The van der Waals surface area contributed by atoms with Crippen LogP contribution in [-0.2, 0) is 0 Å². The molecule has 0 aromatic heterocycles. The molecule has 0 saturated heterocycles. The molecule has 190 valence electrons. The Kier molecular flexibility index (Phi) is 8.22. The summed E-state index contributed by atoms with van der Waals surface area (Å²) in [6.07, 6.45) is 3.19. The van der Waals surface area contributed by atoms with Crippen LogP contribution in [0.5, 0.6) is 23.0 Å². The third-order valence-corrected chi connectivity index (χ3v) is 6.29. The molecule has 4 rings (SSSR count). The van der Waals surface area contributed by atoms with Gasteiger partial charge in [-0.3, -0.25) is 0 Å². The van der Waals surface area contributed by atoms with Gasteiger partial charge in [0, 0.05) is 11.6 Å². The number of nitrogens with two attached hydrogens (primary N) is 1. The quantitative estimate of drug-likeness (QED) is 0.200. The summed E-state index contributed by atoms with van der Waals surface area (Å²) in [6, 6.07) is 19.4. The van der Waals surface area contributed by atoms with E-state index in [1.165, 1.54) is 13.2 Å². The Balaban J connectivity index is 1.60. The molecule has 1 heterocycles. The molecule has 8 heteroatoms. The van der Waals surface area contributed by atoms with E-state index < -0.39 is 11.9 Å². The minimum atomic E-state index is -0.592. The lowest BCUT2D eigenvalue weighted by molar-refractivity contribution is 0.0734. The second-order valence-corrected chi connectivity index (χ2v) is 8.90. The number of carbonyl (C=O) groups excluding carboxylic acids is 1. The SMILES string of the molecule is CCCCCOc1cccc(C2C(C#N)=C(N)Oc3cc(OC(=O)c4ccc(OC)c(Cl)c4)ccc32)c1. The van der Waals surface area contributed by atoms with Gasteiger partial charge in [-0.1, -0.05) is 49.6 Å². The fraction of sp³-hybridized carbons (Fsp3) is 0.241. The number of fused-ring (bicyclic) bond motifs is 1. The molecule has 0 fully saturated rings. The number of nitriles is 1. The Morgan fingerprint density at radius 3 is 2.68 bits per heavy atom. The van der Waals surface area contributed by atoms with Crippen molar-refractivity contribution in [2.75, 3.05) is 13.7 Å². The largest absolute Gasteiger partial charge is 0.495 e. The second kappa shape index (κ2) is 11.7. The average Bonchev–Trinajstić information content (AvgIpc) is 2.90. The van der Waals surface area contributed by atoms with Crippen molar-refractivity contribution in [1.82, 2.24) is 0 Å². The van der Waals surface area contributed by atoms with Crippen molar-refractivity contribution in [2.24, 2.45) is 5.73 Å². The summed E-state index contributed by atoms with van der Waals surface area (Å²) in [5.41, 5.74) is 8.27. The maximum Gasteiger partial charge on any atom is 0.343 e. The van der Waals surface area contributed by atoms with Gasteiger partial charge in [-0.2, -0.15) is 5.26 Å². The lowest BCUT2D eigenvalue weighted by Crippen LogP contribution is -2.21.